The van der Waals surface area contributed by atoms with E-state index in [-0.39, 0.29) is 11.5 Å². The van der Waals surface area contributed by atoms with Crippen molar-refractivity contribution in [2.24, 2.45) is 0 Å². The summed E-state index contributed by atoms with van der Waals surface area (Å²) >= 11 is 0. The second-order valence-electron chi connectivity index (χ2n) is 8.79. The molecule has 2 aromatic rings. The van der Waals surface area contributed by atoms with E-state index in [9.17, 15) is 9.59 Å². The number of amides is 1. The molecule has 4 rings (SSSR count). The molecule has 6 nitrogen and oxygen atoms in total. The molecule has 1 aliphatic heterocycles. The van der Waals surface area contributed by atoms with Gasteiger partial charge in [-0.15, -0.1) is 0 Å². The fraction of sp³-hybridized carbons (Fsp3) is 0.560. The first-order chi connectivity index (χ1) is 15.1. The van der Waals surface area contributed by atoms with Crippen LogP contribution in [0.1, 0.15) is 51.0 Å². The minimum Gasteiger partial charge on any atom is -0.340 e. The lowest BCUT2D eigenvalue weighted by Gasteiger charge is -2.40. The van der Waals surface area contributed by atoms with Gasteiger partial charge in [-0.2, -0.15) is 5.10 Å². The third kappa shape index (κ3) is 5.42. The van der Waals surface area contributed by atoms with Crippen LogP contribution in [0.2, 0.25) is 0 Å². The third-order valence-corrected chi connectivity index (χ3v) is 6.82. The Labute approximate surface area is 184 Å². The molecule has 1 aliphatic carbocycles. The number of rotatable bonds is 6. The number of aryl methyl sites for hydroxylation is 2. The number of nitrogens with zero attached hydrogens (tertiary/aromatic N) is 4. The first kappa shape index (κ1) is 21.8. The molecule has 0 unspecified atom stereocenters. The Morgan fingerprint density at radius 2 is 1.68 bits per heavy atom. The molecule has 0 bridgehead atoms. The minimum absolute atomic E-state index is 0.120. The Balaban J connectivity index is 1.32. The highest BCUT2D eigenvalue weighted by Gasteiger charge is 2.26. The van der Waals surface area contributed by atoms with Crippen molar-refractivity contribution in [3.63, 3.8) is 0 Å². The highest BCUT2D eigenvalue weighted by Crippen LogP contribution is 2.23. The van der Waals surface area contributed by atoms with Crippen LogP contribution in [-0.4, -0.2) is 57.7 Å². The summed E-state index contributed by atoms with van der Waals surface area (Å²) in [5, 5.41) is 4.51. The second-order valence-corrected chi connectivity index (χ2v) is 8.79. The summed E-state index contributed by atoms with van der Waals surface area (Å²) < 4.78 is 1.43. The monoisotopic (exact) mass is 422 g/mol. The van der Waals surface area contributed by atoms with Gasteiger partial charge in [0.2, 0.25) is 5.91 Å². The highest BCUT2D eigenvalue weighted by atomic mass is 16.2. The van der Waals surface area contributed by atoms with E-state index in [1.807, 2.05) is 17.0 Å². The van der Waals surface area contributed by atoms with Gasteiger partial charge in [0, 0.05) is 50.3 Å². The predicted octanol–water partition coefficient (Wildman–Crippen LogP) is 3.34. The normalized spacial score (nSPS) is 18.3. The highest BCUT2D eigenvalue weighted by molar-refractivity contribution is 5.76. The Kier molecular flexibility index (Phi) is 7.17. The summed E-state index contributed by atoms with van der Waals surface area (Å²) in [5.41, 5.74) is 2.85. The zero-order chi connectivity index (χ0) is 21.6. The zero-order valence-corrected chi connectivity index (χ0v) is 18.6. The number of carbonyl (C=O) groups is 1. The smallest absolute Gasteiger partial charge is 0.266 e. The molecule has 1 amide bonds. The van der Waals surface area contributed by atoms with Crippen LogP contribution in [0.5, 0.6) is 0 Å². The molecular weight excluding hydrogens is 388 g/mol. The summed E-state index contributed by atoms with van der Waals surface area (Å²) in [5.74, 6) is 0.120. The number of aromatic nitrogens is 2. The van der Waals surface area contributed by atoms with Crippen molar-refractivity contribution < 1.29 is 4.79 Å². The van der Waals surface area contributed by atoms with Gasteiger partial charge >= 0.3 is 0 Å². The molecular formula is C25H34N4O2. The third-order valence-electron chi connectivity index (χ3n) is 6.82. The van der Waals surface area contributed by atoms with Crippen molar-refractivity contribution in [3.8, 4) is 11.3 Å². The van der Waals surface area contributed by atoms with Gasteiger partial charge in [-0.25, -0.2) is 4.68 Å². The van der Waals surface area contributed by atoms with Crippen molar-refractivity contribution in [1.82, 2.24) is 19.6 Å². The predicted molar refractivity (Wildman–Crippen MR) is 123 cm³/mol. The average molecular weight is 423 g/mol. The van der Waals surface area contributed by atoms with Crippen LogP contribution in [0, 0.1) is 0 Å². The first-order valence-corrected chi connectivity index (χ1v) is 11.8. The van der Waals surface area contributed by atoms with Crippen molar-refractivity contribution in [3.05, 3.63) is 52.3 Å². The van der Waals surface area contributed by atoms with Gasteiger partial charge in [-0.1, -0.05) is 50.5 Å². The number of hydrogen-bond donors (Lipinski definition) is 0. The largest absolute Gasteiger partial charge is 0.340 e. The van der Waals surface area contributed by atoms with E-state index >= 15 is 0 Å². The number of piperazine rings is 1. The molecule has 0 N–H and O–H groups in total. The van der Waals surface area contributed by atoms with Gasteiger partial charge in [-0.05, 0) is 30.9 Å². The van der Waals surface area contributed by atoms with Crippen molar-refractivity contribution in [1.29, 1.82) is 0 Å². The molecule has 1 saturated heterocycles. The SMILES string of the molecule is CCc1ccc(-c2ccc(=O)n(CCC(=O)N3CCN(C4CCCCC4)CC3)n2)cc1. The lowest BCUT2D eigenvalue weighted by molar-refractivity contribution is -0.133. The van der Waals surface area contributed by atoms with Gasteiger partial charge in [-0.3, -0.25) is 14.5 Å². The van der Waals surface area contributed by atoms with E-state index in [4.69, 9.17) is 0 Å². The molecule has 2 heterocycles. The van der Waals surface area contributed by atoms with Crippen LogP contribution in [-0.2, 0) is 17.8 Å². The molecule has 0 atom stereocenters. The van der Waals surface area contributed by atoms with Crippen molar-refractivity contribution >= 4 is 5.91 Å². The zero-order valence-electron chi connectivity index (χ0n) is 18.6. The van der Waals surface area contributed by atoms with E-state index in [0.29, 0.717) is 19.0 Å². The molecule has 0 radical (unpaired) electrons. The first-order valence-electron chi connectivity index (χ1n) is 11.8. The van der Waals surface area contributed by atoms with E-state index < -0.39 is 0 Å². The Morgan fingerprint density at radius 1 is 0.968 bits per heavy atom. The van der Waals surface area contributed by atoms with Gasteiger partial charge in [0.1, 0.15) is 0 Å². The number of hydrogen-bond acceptors (Lipinski definition) is 4. The van der Waals surface area contributed by atoms with Crippen molar-refractivity contribution in [2.45, 2.75) is 64.5 Å². The number of benzene rings is 1. The summed E-state index contributed by atoms with van der Waals surface area (Å²) in [4.78, 5) is 29.6. The molecule has 6 heteroatoms. The quantitative estimate of drug-likeness (QED) is 0.716. The summed E-state index contributed by atoms with van der Waals surface area (Å²) in [6.07, 6.45) is 7.97. The van der Waals surface area contributed by atoms with E-state index in [1.54, 1.807) is 12.1 Å². The van der Waals surface area contributed by atoms with E-state index in [0.717, 1.165) is 43.9 Å². The van der Waals surface area contributed by atoms with Crippen molar-refractivity contribution in [2.75, 3.05) is 26.2 Å². The standard InChI is InChI=1S/C25H34N4O2/c1-2-20-8-10-21(11-9-20)23-12-13-25(31)29(26-23)15-14-24(30)28-18-16-27(17-19-28)22-6-4-3-5-7-22/h8-13,22H,2-7,14-19H2,1H3. The topological polar surface area (TPSA) is 58.4 Å². The maximum atomic E-state index is 12.8. The molecule has 2 fully saturated rings. The second kappa shape index (κ2) is 10.2. The summed E-state index contributed by atoms with van der Waals surface area (Å²) in [6.45, 7) is 5.97. The Morgan fingerprint density at radius 3 is 2.35 bits per heavy atom. The fourth-order valence-electron chi connectivity index (χ4n) is 4.82. The Hall–Kier alpha value is -2.47. The van der Waals surface area contributed by atoms with Crippen LogP contribution in [0.3, 0.4) is 0 Å². The molecule has 166 valence electrons. The summed E-state index contributed by atoms with van der Waals surface area (Å²) in [6, 6.07) is 12.3. The van der Waals surface area contributed by atoms with Gasteiger partial charge in [0.25, 0.3) is 5.56 Å². The lowest BCUT2D eigenvalue weighted by Crippen LogP contribution is -2.52. The molecule has 2 aliphatic rings. The minimum atomic E-state index is -0.163. The van der Waals surface area contributed by atoms with Crippen LogP contribution in [0.25, 0.3) is 11.3 Å². The molecule has 1 saturated carbocycles. The maximum Gasteiger partial charge on any atom is 0.266 e. The van der Waals surface area contributed by atoms with E-state index in [1.165, 1.54) is 42.3 Å². The van der Waals surface area contributed by atoms with Gasteiger partial charge < -0.3 is 4.90 Å². The van der Waals surface area contributed by atoms with Crippen LogP contribution in [0.4, 0.5) is 0 Å². The molecule has 0 spiro atoms. The number of carbonyl (C=O) groups excluding carboxylic acids is 1. The molecule has 1 aromatic carbocycles. The van der Waals surface area contributed by atoms with Gasteiger partial charge in [0.05, 0.1) is 12.2 Å². The van der Waals surface area contributed by atoms with Crippen LogP contribution in [0.15, 0.2) is 41.2 Å². The van der Waals surface area contributed by atoms with Crippen LogP contribution >= 0.6 is 0 Å². The average Bonchev–Trinajstić information content (AvgIpc) is 2.84. The van der Waals surface area contributed by atoms with E-state index in [2.05, 4.69) is 29.1 Å². The Bertz CT molecular complexity index is 923. The summed E-state index contributed by atoms with van der Waals surface area (Å²) in [7, 11) is 0. The molecule has 1 aromatic heterocycles. The fourth-order valence-corrected chi connectivity index (χ4v) is 4.82. The van der Waals surface area contributed by atoms with Gasteiger partial charge in [0.15, 0.2) is 0 Å². The maximum absolute atomic E-state index is 12.8. The lowest BCUT2D eigenvalue weighted by atomic mass is 9.94. The van der Waals surface area contributed by atoms with Crippen LogP contribution < -0.4 is 5.56 Å². The molecule has 31 heavy (non-hydrogen) atoms.